The zero-order valence-electron chi connectivity index (χ0n) is 14.8. The van der Waals surface area contributed by atoms with E-state index in [-0.39, 0.29) is 12.0 Å². The molecule has 2 aliphatic rings. The summed E-state index contributed by atoms with van der Waals surface area (Å²) in [6.07, 6.45) is 9.70. The van der Waals surface area contributed by atoms with Crippen molar-refractivity contribution in [2.45, 2.75) is 44.7 Å². The van der Waals surface area contributed by atoms with Gasteiger partial charge in [0.15, 0.2) is 5.96 Å². The lowest BCUT2D eigenvalue weighted by Gasteiger charge is -2.21. The number of guanidine groups is 1. The Morgan fingerprint density at radius 2 is 2.12 bits per heavy atom. The SMILES string of the molecule is CN=C(NCc1ccn(C)c1)NC1CCN(C(=O)C2CCCC2)C1. The zero-order valence-corrected chi connectivity index (χ0v) is 14.8. The average Bonchev–Trinajstić information content (AvgIpc) is 3.32. The first-order valence-corrected chi connectivity index (χ1v) is 9.02. The number of nitrogens with zero attached hydrogens (tertiary/aromatic N) is 3. The van der Waals surface area contributed by atoms with Crippen LogP contribution < -0.4 is 10.6 Å². The Balaban J connectivity index is 1.45. The lowest BCUT2D eigenvalue weighted by atomic mass is 10.1. The van der Waals surface area contributed by atoms with E-state index in [1.165, 1.54) is 18.4 Å². The number of aliphatic imine (C=N–C) groups is 1. The molecule has 1 amide bonds. The normalized spacial score (nSPS) is 22.2. The highest BCUT2D eigenvalue weighted by Gasteiger charge is 2.32. The molecule has 6 nitrogen and oxygen atoms in total. The third-order valence-corrected chi connectivity index (χ3v) is 5.12. The summed E-state index contributed by atoms with van der Waals surface area (Å²) < 4.78 is 2.04. The summed E-state index contributed by atoms with van der Waals surface area (Å²) in [5, 5.41) is 6.80. The zero-order chi connectivity index (χ0) is 16.9. The number of carbonyl (C=O) groups excluding carboxylic acids is 1. The van der Waals surface area contributed by atoms with Gasteiger partial charge in [-0.05, 0) is 30.9 Å². The minimum absolute atomic E-state index is 0.277. The number of carbonyl (C=O) groups is 1. The molecule has 24 heavy (non-hydrogen) atoms. The van der Waals surface area contributed by atoms with Crippen LogP contribution in [0.4, 0.5) is 0 Å². The molecule has 0 spiro atoms. The van der Waals surface area contributed by atoms with Crippen molar-refractivity contribution >= 4 is 11.9 Å². The largest absolute Gasteiger partial charge is 0.357 e. The van der Waals surface area contributed by atoms with Gasteiger partial charge in [-0.2, -0.15) is 0 Å². The summed E-state index contributed by atoms with van der Waals surface area (Å²) in [5.74, 6) is 1.45. The summed E-state index contributed by atoms with van der Waals surface area (Å²) >= 11 is 0. The van der Waals surface area contributed by atoms with E-state index in [2.05, 4.69) is 27.9 Å². The number of nitrogens with one attached hydrogen (secondary N) is 2. The minimum Gasteiger partial charge on any atom is -0.357 e. The standard InChI is InChI=1S/C18H29N5O/c1-19-18(20-11-14-7-9-22(2)12-14)21-16-8-10-23(13-16)17(24)15-5-3-4-6-15/h7,9,12,15-16H,3-6,8,10-11,13H2,1-2H3,(H2,19,20,21). The summed E-state index contributed by atoms with van der Waals surface area (Å²) in [6.45, 7) is 2.40. The van der Waals surface area contributed by atoms with Gasteiger partial charge in [0.1, 0.15) is 0 Å². The van der Waals surface area contributed by atoms with Crippen molar-refractivity contribution in [3.8, 4) is 0 Å². The average molecular weight is 331 g/mol. The summed E-state index contributed by atoms with van der Waals surface area (Å²) in [6, 6.07) is 2.38. The number of likely N-dealkylation sites (tertiary alicyclic amines) is 1. The second kappa shape index (κ2) is 7.73. The van der Waals surface area contributed by atoms with Crippen LogP contribution in [-0.2, 0) is 18.4 Å². The van der Waals surface area contributed by atoms with Gasteiger partial charge < -0.3 is 20.1 Å². The third kappa shape index (κ3) is 4.10. The maximum absolute atomic E-state index is 12.5. The van der Waals surface area contributed by atoms with Gasteiger partial charge in [0, 0.05) is 58.1 Å². The third-order valence-electron chi connectivity index (χ3n) is 5.12. The van der Waals surface area contributed by atoms with Gasteiger partial charge >= 0.3 is 0 Å². The lowest BCUT2D eigenvalue weighted by molar-refractivity contribution is -0.134. The van der Waals surface area contributed by atoms with Crippen LogP contribution in [0.3, 0.4) is 0 Å². The Morgan fingerprint density at radius 1 is 1.33 bits per heavy atom. The van der Waals surface area contributed by atoms with Gasteiger partial charge in [0.25, 0.3) is 0 Å². The number of amides is 1. The first-order valence-electron chi connectivity index (χ1n) is 9.02. The molecule has 132 valence electrons. The van der Waals surface area contributed by atoms with Crippen LogP contribution in [0.15, 0.2) is 23.5 Å². The van der Waals surface area contributed by atoms with Gasteiger partial charge in [-0.3, -0.25) is 9.79 Å². The summed E-state index contributed by atoms with van der Waals surface area (Å²) in [5.41, 5.74) is 1.23. The molecule has 2 heterocycles. The fourth-order valence-electron chi connectivity index (χ4n) is 3.75. The summed E-state index contributed by atoms with van der Waals surface area (Å²) in [7, 11) is 3.81. The maximum Gasteiger partial charge on any atom is 0.225 e. The van der Waals surface area contributed by atoms with Crippen LogP contribution in [0.5, 0.6) is 0 Å². The fourth-order valence-corrected chi connectivity index (χ4v) is 3.75. The lowest BCUT2D eigenvalue weighted by Crippen LogP contribution is -2.45. The van der Waals surface area contributed by atoms with Gasteiger partial charge in [0.05, 0.1) is 0 Å². The van der Waals surface area contributed by atoms with Gasteiger partial charge in [-0.1, -0.05) is 12.8 Å². The van der Waals surface area contributed by atoms with Crippen molar-refractivity contribution < 1.29 is 4.79 Å². The first-order chi connectivity index (χ1) is 11.7. The molecule has 0 aromatic carbocycles. The van der Waals surface area contributed by atoms with Crippen LogP contribution in [-0.4, -0.2) is 47.5 Å². The van der Waals surface area contributed by atoms with Crippen molar-refractivity contribution in [2.24, 2.45) is 18.0 Å². The van der Waals surface area contributed by atoms with Crippen molar-refractivity contribution in [2.75, 3.05) is 20.1 Å². The molecule has 1 unspecified atom stereocenters. The molecule has 2 fully saturated rings. The highest BCUT2D eigenvalue weighted by molar-refractivity contribution is 5.81. The van der Waals surface area contributed by atoms with E-state index >= 15 is 0 Å². The molecular formula is C18H29N5O. The second-order valence-corrected chi connectivity index (χ2v) is 7.01. The Kier molecular flexibility index (Phi) is 5.43. The molecule has 1 aromatic heterocycles. The summed E-state index contributed by atoms with van der Waals surface area (Å²) in [4.78, 5) is 18.9. The van der Waals surface area contributed by atoms with E-state index in [0.29, 0.717) is 5.91 Å². The molecule has 3 rings (SSSR count). The quantitative estimate of drug-likeness (QED) is 0.649. The van der Waals surface area contributed by atoms with E-state index in [4.69, 9.17) is 0 Å². The molecule has 1 aromatic rings. The molecule has 1 atom stereocenters. The predicted octanol–water partition coefficient (Wildman–Crippen LogP) is 1.48. The van der Waals surface area contributed by atoms with Gasteiger partial charge in [-0.15, -0.1) is 0 Å². The van der Waals surface area contributed by atoms with Gasteiger partial charge in [-0.25, -0.2) is 0 Å². The van der Waals surface area contributed by atoms with Crippen LogP contribution in [0.25, 0.3) is 0 Å². The number of rotatable bonds is 4. The fraction of sp³-hybridized carbons (Fsp3) is 0.667. The molecule has 1 aliphatic heterocycles. The van der Waals surface area contributed by atoms with Crippen LogP contribution in [0.1, 0.15) is 37.7 Å². The van der Waals surface area contributed by atoms with Gasteiger partial charge in [0.2, 0.25) is 5.91 Å². The molecule has 1 aliphatic carbocycles. The number of hydrogen-bond acceptors (Lipinski definition) is 2. The van der Waals surface area contributed by atoms with E-state index in [0.717, 1.165) is 44.9 Å². The van der Waals surface area contributed by atoms with Crippen molar-refractivity contribution in [1.82, 2.24) is 20.1 Å². The smallest absolute Gasteiger partial charge is 0.225 e. The molecular weight excluding hydrogens is 302 g/mol. The molecule has 1 saturated carbocycles. The monoisotopic (exact) mass is 331 g/mol. The molecule has 2 N–H and O–H groups in total. The number of aryl methyl sites for hydroxylation is 1. The van der Waals surface area contributed by atoms with Crippen molar-refractivity contribution in [1.29, 1.82) is 0 Å². The maximum atomic E-state index is 12.5. The predicted molar refractivity (Wildman–Crippen MR) is 95.7 cm³/mol. The van der Waals surface area contributed by atoms with Crippen LogP contribution in [0, 0.1) is 5.92 Å². The Morgan fingerprint density at radius 3 is 2.79 bits per heavy atom. The Bertz CT molecular complexity index is 588. The van der Waals surface area contributed by atoms with Crippen molar-refractivity contribution in [3.05, 3.63) is 24.0 Å². The Hall–Kier alpha value is -1.98. The van der Waals surface area contributed by atoms with E-state index in [1.54, 1.807) is 7.05 Å². The highest BCUT2D eigenvalue weighted by atomic mass is 16.2. The first kappa shape index (κ1) is 16.9. The highest BCUT2D eigenvalue weighted by Crippen LogP contribution is 2.27. The molecule has 1 saturated heterocycles. The van der Waals surface area contributed by atoms with Crippen molar-refractivity contribution in [3.63, 3.8) is 0 Å². The molecule has 0 radical (unpaired) electrons. The number of aromatic nitrogens is 1. The molecule has 0 bridgehead atoms. The Labute approximate surface area is 144 Å². The number of hydrogen-bond donors (Lipinski definition) is 2. The van der Waals surface area contributed by atoms with Crippen LogP contribution in [0.2, 0.25) is 0 Å². The van der Waals surface area contributed by atoms with Crippen LogP contribution >= 0.6 is 0 Å². The minimum atomic E-state index is 0.277. The topological polar surface area (TPSA) is 61.7 Å². The van der Waals surface area contributed by atoms with E-state index < -0.39 is 0 Å². The molecule has 6 heteroatoms. The van der Waals surface area contributed by atoms with E-state index in [1.807, 2.05) is 22.7 Å². The second-order valence-electron chi connectivity index (χ2n) is 7.01. The van der Waals surface area contributed by atoms with E-state index in [9.17, 15) is 4.79 Å².